The summed E-state index contributed by atoms with van der Waals surface area (Å²) >= 11 is 1.55. The molecule has 7 heteroatoms. The molecular formula is C21H22N2O4S. The summed E-state index contributed by atoms with van der Waals surface area (Å²) in [6.07, 6.45) is -0.804. The number of hydrogen-bond acceptors (Lipinski definition) is 6. The van der Waals surface area contributed by atoms with Gasteiger partial charge in [-0.15, -0.1) is 11.3 Å². The lowest BCUT2D eigenvalue weighted by atomic mass is 10.3. The van der Waals surface area contributed by atoms with E-state index in [2.05, 4.69) is 4.98 Å². The first-order valence-electron chi connectivity index (χ1n) is 8.95. The minimum atomic E-state index is -0.804. The number of nitrogens with zero attached hydrogens (tertiary/aromatic N) is 2. The number of ether oxygens (including phenoxy) is 2. The Kier molecular flexibility index (Phi) is 6.26. The van der Waals surface area contributed by atoms with Gasteiger partial charge in [0, 0.05) is 7.05 Å². The SMILES string of the molecule is C[C@@H](Oc1ccccc1)C(=O)OCC(=O)N(C)[C@@H](C)c1nc2ccccc2s1. The molecule has 0 aliphatic carbocycles. The maximum Gasteiger partial charge on any atom is 0.347 e. The van der Waals surface area contributed by atoms with Crippen molar-refractivity contribution in [2.24, 2.45) is 0 Å². The monoisotopic (exact) mass is 398 g/mol. The number of para-hydroxylation sites is 2. The summed E-state index contributed by atoms with van der Waals surface area (Å²) in [5.41, 5.74) is 0.911. The van der Waals surface area contributed by atoms with E-state index in [-0.39, 0.29) is 18.6 Å². The Labute approximate surface area is 167 Å². The molecule has 28 heavy (non-hydrogen) atoms. The third-order valence-electron chi connectivity index (χ3n) is 4.37. The van der Waals surface area contributed by atoms with Crippen LogP contribution in [0.4, 0.5) is 0 Å². The van der Waals surface area contributed by atoms with Gasteiger partial charge < -0.3 is 14.4 Å². The van der Waals surface area contributed by atoms with E-state index in [1.807, 2.05) is 49.4 Å². The van der Waals surface area contributed by atoms with E-state index < -0.39 is 12.1 Å². The highest BCUT2D eigenvalue weighted by Crippen LogP contribution is 2.28. The zero-order valence-electron chi connectivity index (χ0n) is 16.0. The van der Waals surface area contributed by atoms with Crippen LogP contribution in [0.3, 0.4) is 0 Å². The quantitative estimate of drug-likeness (QED) is 0.566. The third-order valence-corrected chi connectivity index (χ3v) is 5.57. The molecule has 0 aliphatic heterocycles. The second kappa shape index (κ2) is 8.84. The molecule has 1 heterocycles. The fourth-order valence-corrected chi connectivity index (χ4v) is 3.62. The van der Waals surface area contributed by atoms with Gasteiger partial charge in [-0.3, -0.25) is 4.79 Å². The number of aromatic nitrogens is 1. The summed E-state index contributed by atoms with van der Waals surface area (Å²) in [5.74, 6) is -0.315. The van der Waals surface area contributed by atoms with Crippen molar-refractivity contribution in [1.29, 1.82) is 0 Å². The van der Waals surface area contributed by atoms with Gasteiger partial charge in [-0.2, -0.15) is 0 Å². The first-order chi connectivity index (χ1) is 13.5. The fraction of sp³-hybridized carbons (Fsp3) is 0.286. The summed E-state index contributed by atoms with van der Waals surface area (Å²) in [6, 6.07) is 16.6. The fourth-order valence-electron chi connectivity index (χ4n) is 2.55. The number of esters is 1. The summed E-state index contributed by atoms with van der Waals surface area (Å²) in [6.45, 7) is 3.15. The maximum atomic E-state index is 12.4. The number of benzene rings is 2. The van der Waals surface area contributed by atoms with Gasteiger partial charge in [0.05, 0.1) is 16.3 Å². The van der Waals surface area contributed by atoms with E-state index in [4.69, 9.17) is 9.47 Å². The number of carbonyl (C=O) groups is 2. The standard InChI is InChI=1S/C21H22N2O4S/c1-14(20-22-17-11-7-8-12-18(17)28-20)23(3)19(24)13-26-21(25)15(2)27-16-9-5-4-6-10-16/h4-12,14-15H,13H2,1-3H3/t14-,15+/m0/s1. The normalized spacial score (nSPS) is 13.0. The summed E-state index contributed by atoms with van der Waals surface area (Å²) in [5, 5.41) is 0.837. The van der Waals surface area contributed by atoms with Crippen LogP contribution in [0, 0.1) is 0 Å². The first kappa shape index (κ1) is 19.8. The van der Waals surface area contributed by atoms with Crippen LogP contribution in [0.25, 0.3) is 10.2 Å². The number of likely N-dealkylation sites (N-methyl/N-ethyl adjacent to an activating group) is 1. The molecule has 6 nitrogen and oxygen atoms in total. The lowest BCUT2D eigenvalue weighted by molar-refractivity contribution is -0.157. The van der Waals surface area contributed by atoms with Crippen LogP contribution >= 0.6 is 11.3 Å². The average Bonchev–Trinajstić information content (AvgIpc) is 3.15. The van der Waals surface area contributed by atoms with Gasteiger partial charge in [-0.25, -0.2) is 9.78 Å². The van der Waals surface area contributed by atoms with Crippen LogP contribution < -0.4 is 4.74 Å². The van der Waals surface area contributed by atoms with Crippen LogP contribution in [-0.4, -0.2) is 41.5 Å². The van der Waals surface area contributed by atoms with Crippen LogP contribution in [-0.2, 0) is 14.3 Å². The van der Waals surface area contributed by atoms with Crippen LogP contribution in [0.2, 0.25) is 0 Å². The molecule has 0 unspecified atom stereocenters. The molecule has 3 rings (SSSR count). The van der Waals surface area contributed by atoms with E-state index >= 15 is 0 Å². The number of amides is 1. The van der Waals surface area contributed by atoms with Crippen molar-refractivity contribution in [2.45, 2.75) is 26.0 Å². The van der Waals surface area contributed by atoms with E-state index in [1.165, 1.54) is 4.90 Å². The molecule has 2 atom stereocenters. The maximum absolute atomic E-state index is 12.4. The molecule has 0 aliphatic rings. The second-order valence-electron chi connectivity index (χ2n) is 6.38. The Balaban J connectivity index is 1.53. The summed E-state index contributed by atoms with van der Waals surface area (Å²) < 4.78 is 11.7. The Hall–Kier alpha value is -2.93. The lowest BCUT2D eigenvalue weighted by Gasteiger charge is -2.23. The van der Waals surface area contributed by atoms with E-state index in [9.17, 15) is 9.59 Å². The van der Waals surface area contributed by atoms with Gasteiger partial charge >= 0.3 is 5.97 Å². The minimum absolute atomic E-state index is 0.221. The minimum Gasteiger partial charge on any atom is -0.479 e. The van der Waals surface area contributed by atoms with Gasteiger partial charge in [-0.1, -0.05) is 30.3 Å². The molecule has 3 aromatic rings. The number of fused-ring (bicyclic) bond motifs is 1. The highest BCUT2D eigenvalue weighted by atomic mass is 32.1. The molecule has 0 fully saturated rings. The predicted molar refractivity (Wildman–Crippen MR) is 108 cm³/mol. The highest BCUT2D eigenvalue weighted by molar-refractivity contribution is 7.18. The predicted octanol–water partition coefficient (Wildman–Crippen LogP) is 3.83. The Morgan fingerprint density at radius 2 is 1.75 bits per heavy atom. The number of hydrogen-bond donors (Lipinski definition) is 0. The smallest absolute Gasteiger partial charge is 0.347 e. The molecule has 146 valence electrons. The van der Waals surface area contributed by atoms with Crippen molar-refractivity contribution in [1.82, 2.24) is 9.88 Å². The molecule has 1 amide bonds. The van der Waals surface area contributed by atoms with Crippen molar-refractivity contribution in [3.63, 3.8) is 0 Å². The molecule has 0 radical (unpaired) electrons. The number of thiazole rings is 1. The third kappa shape index (κ3) is 4.67. The van der Waals surface area contributed by atoms with E-state index in [1.54, 1.807) is 37.4 Å². The number of carbonyl (C=O) groups excluding carboxylic acids is 2. The lowest BCUT2D eigenvalue weighted by Crippen LogP contribution is -2.35. The Bertz CT molecular complexity index is 924. The van der Waals surface area contributed by atoms with Crippen molar-refractivity contribution < 1.29 is 19.1 Å². The largest absolute Gasteiger partial charge is 0.479 e. The van der Waals surface area contributed by atoms with Crippen LogP contribution in [0.5, 0.6) is 5.75 Å². The van der Waals surface area contributed by atoms with Crippen molar-refractivity contribution in [3.8, 4) is 5.75 Å². The molecular weight excluding hydrogens is 376 g/mol. The first-order valence-corrected chi connectivity index (χ1v) is 9.77. The average molecular weight is 398 g/mol. The zero-order chi connectivity index (χ0) is 20.1. The van der Waals surface area contributed by atoms with Gasteiger partial charge in [-0.05, 0) is 38.1 Å². The summed E-state index contributed by atoms with van der Waals surface area (Å²) in [4.78, 5) is 30.7. The van der Waals surface area contributed by atoms with Gasteiger partial charge in [0.1, 0.15) is 10.8 Å². The van der Waals surface area contributed by atoms with Crippen LogP contribution in [0.15, 0.2) is 54.6 Å². The zero-order valence-corrected chi connectivity index (χ0v) is 16.8. The molecule has 0 N–H and O–H groups in total. The molecule has 0 saturated carbocycles. The molecule has 0 bridgehead atoms. The highest BCUT2D eigenvalue weighted by Gasteiger charge is 2.23. The van der Waals surface area contributed by atoms with Gasteiger partial charge in [0.15, 0.2) is 12.7 Å². The topological polar surface area (TPSA) is 68.7 Å². The van der Waals surface area contributed by atoms with Crippen molar-refractivity contribution in [3.05, 3.63) is 59.6 Å². The Morgan fingerprint density at radius 3 is 2.46 bits per heavy atom. The van der Waals surface area contributed by atoms with Crippen LogP contribution in [0.1, 0.15) is 24.9 Å². The van der Waals surface area contributed by atoms with Crippen molar-refractivity contribution >= 4 is 33.4 Å². The molecule has 1 aromatic heterocycles. The molecule has 0 spiro atoms. The van der Waals surface area contributed by atoms with Gasteiger partial charge in [0.25, 0.3) is 5.91 Å². The van der Waals surface area contributed by atoms with E-state index in [0.29, 0.717) is 5.75 Å². The summed E-state index contributed by atoms with van der Waals surface area (Å²) in [7, 11) is 1.68. The molecule has 0 saturated heterocycles. The van der Waals surface area contributed by atoms with Crippen molar-refractivity contribution in [2.75, 3.05) is 13.7 Å². The van der Waals surface area contributed by atoms with E-state index in [0.717, 1.165) is 15.2 Å². The second-order valence-corrected chi connectivity index (χ2v) is 7.44. The van der Waals surface area contributed by atoms with Gasteiger partial charge in [0.2, 0.25) is 0 Å². The molecule has 2 aromatic carbocycles. The Morgan fingerprint density at radius 1 is 1.07 bits per heavy atom. The number of rotatable bonds is 7.